The molecule has 1 aliphatic carbocycles. The van der Waals surface area contributed by atoms with Crippen molar-refractivity contribution in [3.05, 3.63) is 0 Å². The molecule has 2 rings (SSSR count). The Balaban J connectivity index is 1.84. The molecule has 96 valence electrons. The first-order chi connectivity index (χ1) is 8.22. The smallest absolute Gasteiger partial charge is 0.409 e. The highest BCUT2D eigenvalue weighted by Crippen LogP contribution is 2.31. The molecular weight excluding hydrogens is 220 g/mol. The summed E-state index contributed by atoms with van der Waals surface area (Å²) >= 11 is 0. The van der Waals surface area contributed by atoms with E-state index in [-0.39, 0.29) is 17.9 Å². The minimum atomic E-state index is -0.256. The van der Waals surface area contributed by atoms with Gasteiger partial charge in [0.05, 0.1) is 6.61 Å². The Kier molecular flexibility index (Phi) is 3.86. The lowest BCUT2D eigenvalue weighted by atomic mass is 10.3. The third kappa shape index (κ3) is 3.11. The Hall–Kier alpha value is -1.26. The van der Waals surface area contributed by atoms with Crippen molar-refractivity contribution in [2.45, 2.75) is 26.2 Å². The third-order valence-electron chi connectivity index (χ3n) is 3.26. The Morgan fingerprint density at radius 2 is 1.76 bits per heavy atom. The zero-order chi connectivity index (χ0) is 12.3. The standard InChI is InChI=1S/C12H20N2O3/c1-2-17-12(16)14-7-3-6-13(8-9-14)11(15)10-4-5-10/h10H,2-9H2,1H3. The normalized spacial score (nSPS) is 21.0. The number of hydrogen-bond donors (Lipinski definition) is 0. The quantitative estimate of drug-likeness (QED) is 0.726. The predicted octanol–water partition coefficient (Wildman–Crippen LogP) is 1.09. The first-order valence-corrected chi connectivity index (χ1v) is 6.43. The van der Waals surface area contributed by atoms with Gasteiger partial charge in [0.25, 0.3) is 0 Å². The summed E-state index contributed by atoms with van der Waals surface area (Å²) in [6.45, 7) is 4.91. The van der Waals surface area contributed by atoms with Crippen LogP contribution >= 0.6 is 0 Å². The zero-order valence-electron chi connectivity index (χ0n) is 10.4. The van der Waals surface area contributed by atoms with Gasteiger partial charge < -0.3 is 14.5 Å². The van der Waals surface area contributed by atoms with Crippen LogP contribution in [0.4, 0.5) is 4.79 Å². The molecule has 0 radical (unpaired) electrons. The summed E-state index contributed by atoms with van der Waals surface area (Å²) in [7, 11) is 0. The molecule has 1 heterocycles. The lowest BCUT2D eigenvalue weighted by Crippen LogP contribution is -2.38. The second-order valence-electron chi connectivity index (χ2n) is 4.64. The van der Waals surface area contributed by atoms with Gasteiger partial charge in [0.2, 0.25) is 5.91 Å². The van der Waals surface area contributed by atoms with E-state index in [4.69, 9.17) is 4.74 Å². The summed E-state index contributed by atoms with van der Waals surface area (Å²) in [4.78, 5) is 27.1. The molecule has 1 aliphatic heterocycles. The fourth-order valence-corrected chi connectivity index (χ4v) is 2.12. The summed E-state index contributed by atoms with van der Waals surface area (Å²) in [6.07, 6.45) is 2.67. The molecular formula is C12H20N2O3. The van der Waals surface area contributed by atoms with Gasteiger partial charge in [-0.2, -0.15) is 0 Å². The van der Waals surface area contributed by atoms with E-state index in [0.29, 0.717) is 26.2 Å². The van der Waals surface area contributed by atoms with Gasteiger partial charge in [-0.15, -0.1) is 0 Å². The largest absolute Gasteiger partial charge is 0.450 e. The van der Waals surface area contributed by atoms with Crippen molar-refractivity contribution < 1.29 is 14.3 Å². The van der Waals surface area contributed by atoms with Crippen LogP contribution in [0, 0.1) is 5.92 Å². The summed E-state index contributed by atoms with van der Waals surface area (Å²) in [5.41, 5.74) is 0. The highest BCUT2D eigenvalue weighted by molar-refractivity contribution is 5.81. The fraction of sp³-hybridized carbons (Fsp3) is 0.833. The van der Waals surface area contributed by atoms with Crippen molar-refractivity contribution in [1.29, 1.82) is 0 Å². The minimum Gasteiger partial charge on any atom is -0.450 e. The third-order valence-corrected chi connectivity index (χ3v) is 3.26. The number of carbonyl (C=O) groups is 2. The topological polar surface area (TPSA) is 49.9 Å². The van der Waals surface area contributed by atoms with E-state index < -0.39 is 0 Å². The van der Waals surface area contributed by atoms with Crippen molar-refractivity contribution in [3.63, 3.8) is 0 Å². The van der Waals surface area contributed by atoms with Gasteiger partial charge in [0.15, 0.2) is 0 Å². The van der Waals surface area contributed by atoms with Gasteiger partial charge in [0, 0.05) is 32.1 Å². The lowest BCUT2D eigenvalue weighted by molar-refractivity contribution is -0.132. The fourth-order valence-electron chi connectivity index (χ4n) is 2.12. The van der Waals surface area contributed by atoms with Crippen LogP contribution in [0.1, 0.15) is 26.2 Å². The molecule has 5 heteroatoms. The van der Waals surface area contributed by atoms with E-state index in [0.717, 1.165) is 25.8 Å². The molecule has 2 fully saturated rings. The molecule has 1 saturated carbocycles. The molecule has 0 spiro atoms. The van der Waals surface area contributed by atoms with E-state index in [1.807, 2.05) is 4.90 Å². The summed E-state index contributed by atoms with van der Waals surface area (Å²) in [5.74, 6) is 0.542. The second kappa shape index (κ2) is 5.38. The molecule has 5 nitrogen and oxygen atoms in total. The van der Waals surface area contributed by atoms with Crippen molar-refractivity contribution in [1.82, 2.24) is 9.80 Å². The van der Waals surface area contributed by atoms with E-state index in [9.17, 15) is 9.59 Å². The predicted molar refractivity (Wildman–Crippen MR) is 62.5 cm³/mol. The maximum Gasteiger partial charge on any atom is 0.409 e. The molecule has 0 aromatic heterocycles. The average Bonchev–Trinajstić information content (AvgIpc) is 3.15. The van der Waals surface area contributed by atoms with E-state index >= 15 is 0 Å². The molecule has 0 atom stereocenters. The van der Waals surface area contributed by atoms with Crippen LogP contribution in [0.2, 0.25) is 0 Å². The van der Waals surface area contributed by atoms with Crippen molar-refractivity contribution in [2.24, 2.45) is 5.92 Å². The van der Waals surface area contributed by atoms with Crippen LogP contribution < -0.4 is 0 Å². The molecule has 2 aliphatic rings. The Morgan fingerprint density at radius 1 is 1.12 bits per heavy atom. The summed E-state index contributed by atoms with van der Waals surface area (Å²) in [5, 5.41) is 0. The average molecular weight is 240 g/mol. The number of amides is 2. The Labute approximate surface area is 102 Å². The number of nitrogens with zero attached hydrogens (tertiary/aromatic N) is 2. The SMILES string of the molecule is CCOC(=O)N1CCCN(C(=O)C2CC2)CC1. The van der Waals surface area contributed by atoms with Crippen LogP contribution in [-0.2, 0) is 9.53 Å². The Morgan fingerprint density at radius 3 is 2.41 bits per heavy atom. The van der Waals surface area contributed by atoms with E-state index in [2.05, 4.69) is 0 Å². The van der Waals surface area contributed by atoms with Gasteiger partial charge in [-0.05, 0) is 26.2 Å². The summed E-state index contributed by atoms with van der Waals surface area (Å²) < 4.78 is 4.98. The van der Waals surface area contributed by atoms with Crippen LogP contribution in [0.3, 0.4) is 0 Å². The summed E-state index contributed by atoms with van der Waals surface area (Å²) in [6, 6.07) is 0. The van der Waals surface area contributed by atoms with Crippen molar-refractivity contribution in [2.75, 3.05) is 32.8 Å². The molecule has 2 amide bonds. The van der Waals surface area contributed by atoms with E-state index in [1.54, 1.807) is 11.8 Å². The van der Waals surface area contributed by atoms with Crippen molar-refractivity contribution in [3.8, 4) is 0 Å². The number of rotatable bonds is 2. The first-order valence-electron chi connectivity index (χ1n) is 6.43. The van der Waals surface area contributed by atoms with Crippen LogP contribution in [0.15, 0.2) is 0 Å². The van der Waals surface area contributed by atoms with Crippen molar-refractivity contribution >= 4 is 12.0 Å². The minimum absolute atomic E-state index is 0.256. The number of carbonyl (C=O) groups excluding carboxylic acids is 2. The van der Waals surface area contributed by atoms with Crippen LogP contribution in [0.25, 0.3) is 0 Å². The van der Waals surface area contributed by atoms with Gasteiger partial charge in [0.1, 0.15) is 0 Å². The molecule has 0 aromatic carbocycles. The highest BCUT2D eigenvalue weighted by Gasteiger charge is 2.34. The molecule has 0 bridgehead atoms. The molecule has 0 unspecified atom stereocenters. The monoisotopic (exact) mass is 240 g/mol. The van der Waals surface area contributed by atoms with Gasteiger partial charge in [-0.3, -0.25) is 4.79 Å². The molecule has 0 N–H and O–H groups in total. The van der Waals surface area contributed by atoms with Crippen LogP contribution in [-0.4, -0.2) is 54.6 Å². The highest BCUT2D eigenvalue weighted by atomic mass is 16.6. The zero-order valence-corrected chi connectivity index (χ0v) is 10.4. The van der Waals surface area contributed by atoms with E-state index in [1.165, 1.54) is 0 Å². The number of hydrogen-bond acceptors (Lipinski definition) is 3. The first kappa shape index (κ1) is 12.2. The lowest BCUT2D eigenvalue weighted by Gasteiger charge is -2.21. The molecule has 17 heavy (non-hydrogen) atoms. The molecule has 0 aromatic rings. The van der Waals surface area contributed by atoms with Crippen LogP contribution in [0.5, 0.6) is 0 Å². The van der Waals surface area contributed by atoms with Gasteiger partial charge >= 0.3 is 6.09 Å². The van der Waals surface area contributed by atoms with Gasteiger partial charge in [-0.25, -0.2) is 4.79 Å². The van der Waals surface area contributed by atoms with Gasteiger partial charge in [-0.1, -0.05) is 0 Å². The maximum absolute atomic E-state index is 11.9. The Bertz CT molecular complexity index is 302. The number of ether oxygens (including phenoxy) is 1. The molecule has 1 saturated heterocycles. The second-order valence-corrected chi connectivity index (χ2v) is 4.64. The maximum atomic E-state index is 11.9.